The fourth-order valence-electron chi connectivity index (χ4n) is 2.74. The van der Waals surface area contributed by atoms with Gasteiger partial charge >= 0.3 is 0 Å². The lowest BCUT2D eigenvalue weighted by Gasteiger charge is -2.26. The van der Waals surface area contributed by atoms with Crippen molar-refractivity contribution in [2.75, 3.05) is 20.1 Å². The molecule has 1 aliphatic heterocycles. The van der Waals surface area contributed by atoms with E-state index in [0.717, 1.165) is 5.56 Å². The number of carbonyl (C=O) groups is 2. The molecule has 7 heteroatoms. The highest BCUT2D eigenvalue weighted by Crippen LogP contribution is 2.42. The number of carbonyl (C=O) groups excluding carboxylic acids is 2. The van der Waals surface area contributed by atoms with Crippen molar-refractivity contribution in [2.24, 2.45) is 0 Å². The summed E-state index contributed by atoms with van der Waals surface area (Å²) in [6.07, 6.45) is 1.45. The van der Waals surface area contributed by atoms with E-state index in [9.17, 15) is 14.0 Å². The Morgan fingerprint density at radius 2 is 2.04 bits per heavy atom. The quantitative estimate of drug-likeness (QED) is 0.820. The third-order valence-corrected chi connectivity index (χ3v) is 5.55. The molecule has 2 aromatic rings. The smallest absolute Gasteiger partial charge is 0.289 e. The highest BCUT2D eigenvalue weighted by atomic mass is 32.2. The van der Waals surface area contributed by atoms with Crippen molar-refractivity contribution in [2.45, 2.75) is 17.5 Å². The summed E-state index contributed by atoms with van der Waals surface area (Å²) in [6, 6.07) is 9.46. The van der Waals surface area contributed by atoms with Crippen LogP contribution in [0.25, 0.3) is 0 Å². The van der Waals surface area contributed by atoms with Gasteiger partial charge in [0.1, 0.15) is 11.2 Å². The summed E-state index contributed by atoms with van der Waals surface area (Å²) in [5.74, 6) is -0.233. The molecule has 0 unspecified atom stereocenters. The Kier molecular flexibility index (Phi) is 5.13. The molecule has 5 nitrogen and oxygen atoms in total. The van der Waals surface area contributed by atoms with Crippen LogP contribution in [-0.2, 0) is 4.79 Å². The Morgan fingerprint density at radius 3 is 2.68 bits per heavy atom. The second-order valence-corrected chi connectivity index (χ2v) is 7.34. The van der Waals surface area contributed by atoms with Gasteiger partial charge in [-0.05, 0) is 36.8 Å². The number of likely N-dealkylation sites (N-methyl/N-ethyl adjacent to an activating group) is 1. The number of hydrogen-bond acceptors (Lipinski definition) is 4. The van der Waals surface area contributed by atoms with Gasteiger partial charge in [-0.25, -0.2) is 4.39 Å². The third kappa shape index (κ3) is 3.71. The van der Waals surface area contributed by atoms with E-state index >= 15 is 0 Å². The Morgan fingerprint density at radius 1 is 1.32 bits per heavy atom. The van der Waals surface area contributed by atoms with E-state index in [1.807, 2.05) is 6.92 Å². The van der Waals surface area contributed by atoms with Gasteiger partial charge in [0.2, 0.25) is 5.91 Å². The number of rotatable bonds is 5. The first kappa shape index (κ1) is 17.5. The molecule has 3 rings (SSSR count). The number of hydrogen-bond donors (Lipinski definition) is 0. The van der Waals surface area contributed by atoms with Crippen molar-refractivity contribution in [3.8, 4) is 0 Å². The minimum Gasteiger partial charge on any atom is -0.459 e. The van der Waals surface area contributed by atoms with Crippen LogP contribution in [0.5, 0.6) is 0 Å². The maximum absolute atomic E-state index is 13.2. The van der Waals surface area contributed by atoms with E-state index in [-0.39, 0.29) is 34.0 Å². The molecule has 1 saturated heterocycles. The predicted octanol–water partition coefficient (Wildman–Crippen LogP) is 3.15. The first-order chi connectivity index (χ1) is 12.0. The highest BCUT2D eigenvalue weighted by molar-refractivity contribution is 8.01. The molecular weight excluding hydrogens is 343 g/mol. The first-order valence-corrected chi connectivity index (χ1v) is 8.92. The lowest BCUT2D eigenvalue weighted by atomic mass is 10.2. The lowest BCUT2D eigenvalue weighted by Crippen LogP contribution is -2.39. The van der Waals surface area contributed by atoms with E-state index in [2.05, 4.69) is 0 Å². The summed E-state index contributed by atoms with van der Waals surface area (Å²) in [5, 5.41) is -0.337. The third-order valence-electron chi connectivity index (χ3n) is 4.16. The number of amides is 2. The molecule has 0 bridgehead atoms. The maximum atomic E-state index is 13.2. The van der Waals surface area contributed by atoms with Crippen LogP contribution >= 0.6 is 11.8 Å². The normalized spacial score (nSPS) is 20.1. The van der Waals surface area contributed by atoms with Gasteiger partial charge in [0.05, 0.1) is 11.5 Å². The maximum Gasteiger partial charge on any atom is 0.289 e. The molecule has 0 aliphatic carbocycles. The molecule has 2 amide bonds. The minimum atomic E-state index is -0.304. The van der Waals surface area contributed by atoms with Crippen molar-refractivity contribution in [1.29, 1.82) is 0 Å². The van der Waals surface area contributed by atoms with Crippen LogP contribution in [0, 0.1) is 5.82 Å². The highest BCUT2D eigenvalue weighted by Gasteiger charge is 2.38. The molecule has 2 atom stereocenters. The van der Waals surface area contributed by atoms with E-state index in [1.54, 1.807) is 36.2 Å². The summed E-state index contributed by atoms with van der Waals surface area (Å²) in [7, 11) is 1.68. The molecule has 0 spiro atoms. The summed E-state index contributed by atoms with van der Waals surface area (Å²) in [5.41, 5.74) is 0.879. The van der Waals surface area contributed by atoms with Crippen molar-refractivity contribution in [1.82, 2.24) is 9.80 Å². The molecule has 1 fully saturated rings. The molecule has 1 aromatic carbocycles. The van der Waals surface area contributed by atoms with E-state index in [1.165, 1.54) is 35.1 Å². The zero-order valence-corrected chi connectivity index (χ0v) is 14.8. The number of thioether (sulfide) groups is 1. The summed E-state index contributed by atoms with van der Waals surface area (Å²) in [4.78, 5) is 28.0. The fraction of sp³-hybridized carbons (Fsp3) is 0.333. The second-order valence-electron chi connectivity index (χ2n) is 5.92. The van der Waals surface area contributed by atoms with Crippen LogP contribution < -0.4 is 0 Å². The van der Waals surface area contributed by atoms with E-state index in [4.69, 9.17) is 4.42 Å². The summed E-state index contributed by atoms with van der Waals surface area (Å²) in [6.45, 7) is 2.65. The fourth-order valence-corrected chi connectivity index (χ4v) is 4.04. The van der Waals surface area contributed by atoms with Crippen molar-refractivity contribution in [3.05, 3.63) is 59.8 Å². The average molecular weight is 362 g/mol. The summed E-state index contributed by atoms with van der Waals surface area (Å²) >= 11 is 1.53. The van der Waals surface area contributed by atoms with Gasteiger partial charge in [-0.3, -0.25) is 9.59 Å². The second kappa shape index (κ2) is 7.31. The zero-order chi connectivity index (χ0) is 18.0. The minimum absolute atomic E-state index is 0.0261. The Labute approximate surface area is 149 Å². The SMILES string of the molecule is C[C@@H]1S[C@@H](c2ccc(F)cc2)N(CCN(C)C(=O)c2ccco2)C1=O. The average Bonchev–Trinajstić information content (AvgIpc) is 3.23. The van der Waals surface area contributed by atoms with Gasteiger partial charge in [-0.15, -0.1) is 11.8 Å². The Hall–Kier alpha value is -2.28. The van der Waals surface area contributed by atoms with Crippen LogP contribution in [0.3, 0.4) is 0 Å². The Bertz CT molecular complexity index is 748. The molecule has 2 heterocycles. The van der Waals surface area contributed by atoms with Gasteiger partial charge < -0.3 is 14.2 Å². The molecule has 0 N–H and O–H groups in total. The molecule has 0 radical (unpaired) electrons. The van der Waals surface area contributed by atoms with Crippen LogP contribution in [0.15, 0.2) is 47.1 Å². The lowest BCUT2D eigenvalue weighted by molar-refractivity contribution is -0.129. The van der Waals surface area contributed by atoms with Crippen molar-refractivity contribution in [3.63, 3.8) is 0 Å². The predicted molar refractivity (Wildman–Crippen MR) is 93.6 cm³/mol. The first-order valence-electron chi connectivity index (χ1n) is 7.97. The molecule has 132 valence electrons. The molecule has 1 aliphatic rings. The van der Waals surface area contributed by atoms with Gasteiger partial charge in [0.15, 0.2) is 5.76 Å². The Balaban J connectivity index is 1.69. The van der Waals surface area contributed by atoms with Gasteiger partial charge in [0.25, 0.3) is 5.91 Å². The summed E-state index contributed by atoms with van der Waals surface area (Å²) < 4.78 is 18.3. The van der Waals surface area contributed by atoms with Crippen LogP contribution in [-0.4, -0.2) is 47.0 Å². The van der Waals surface area contributed by atoms with Crippen LogP contribution in [0.2, 0.25) is 0 Å². The van der Waals surface area contributed by atoms with Gasteiger partial charge in [-0.1, -0.05) is 12.1 Å². The van der Waals surface area contributed by atoms with Gasteiger partial charge in [0, 0.05) is 20.1 Å². The number of furan rings is 1. The zero-order valence-electron chi connectivity index (χ0n) is 14.0. The van der Waals surface area contributed by atoms with Crippen LogP contribution in [0.1, 0.15) is 28.4 Å². The topological polar surface area (TPSA) is 53.8 Å². The van der Waals surface area contributed by atoms with Crippen molar-refractivity contribution >= 4 is 23.6 Å². The number of halogens is 1. The molecule has 25 heavy (non-hydrogen) atoms. The number of nitrogens with zero attached hydrogens (tertiary/aromatic N) is 2. The van der Waals surface area contributed by atoms with Gasteiger partial charge in [-0.2, -0.15) is 0 Å². The van der Waals surface area contributed by atoms with E-state index in [0.29, 0.717) is 13.1 Å². The van der Waals surface area contributed by atoms with Crippen LogP contribution in [0.4, 0.5) is 4.39 Å². The number of benzene rings is 1. The standard InChI is InChI=1S/C18H19FN2O3S/c1-12-16(22)21(18(25-12)13-5-7-14(19)8-6-13)10-9-20(2)17(23)15-4-3-11-24-15/h3-8,11-12,18H,9-10H2,1-2H3/t12-,18-/m0/s1. The molecule has 0 saturated carbocycles. The molecule has 1 aromatic heterocycles. The monoisotopic (exact) mass is 362 g/mol. The largest absolute Gasteiger partial charge is 0.459 e. The molecular formula is C18H19FN2O3S. The van der Waals surface area contributed by atoms with E-state index < -0.39 is 0 Å². The van der Waals surface area contributed by atoms with Crippen molar-refractivity contribution < 1.29 is 18.4 Å².